The molecule has 3 rings (SSSR count). The molecule has 0 aromatic heterocycles. The summed E-state index contributed by atoms with van der Waals surface area (Å²) >= 11 is 0. The van der Waals surface area contributed by atoms with Crippen LogP contribution in [-0.2, 0) is 9.53 Å². The molecule has 0 spiro atoms. The lowest BCUT2D eigenvalue weighted by molar-refractivity contribution is -0.137. The van der Waals surface area contributed by atoms with Gasteiger partial charge in [-0.25, -0.2) is 4.79 Å². The summed E-state index contributed by atoms with van der Waals surface area (Å²) in [6.07, 6.45) is 5.27. The Bertz CT molecular complexity index is 703. The molecule has 1 saturated heterocycles. The molecule has 0 saturated carbocycles. The zero-order valence-corrected chi connectivity index (χ0v) is 14.5. The molecule has 3 heteroatoms. The minimum Gasteiger partial charge on any atom is -0.463 e. The van der Waals surface area contributed by atoms with Crippen LogP contribution in [0.3, 0.4) is 0 Å². The third-order valence-corrected chi connectivity index (χ3v) is 4.26. The SMILES string of the molecule is CCOC(=O)/C=C/C=C1CN(C(c2ccccc2)c2ccccc2)C1. The highest BCUT2D eigenvalue weighted by molar-refractivity contribution is 5.82. The Hall–Kier alpha value is -2.65. The summed E-state index contributed by atoms with van der Waals surface area (Å²) in [6.45, 7) is 4.02. The lowest BCUT2D eigenvalue weighted by atomic mass is 9.93. The van der Waals surface area contributed by atoms with Crippen LogP contribution in [0.4, 0.5) is 0 Å². The molecule has 0 N–H and O–H groups in total. The molecule has 0 atom stereocenters. The monoisotopic (exact) mass is 333 g/mol. The van der Waals surface area contributed by atoms with Crippen LogP contribution < -0.4 is 0 Å². The standard InChI is InChI=1S/C22H23NO2/c1-2-25-21(24)15-9-10-18-16-23(17-18)22(19-11-5-3-6-12-19)20-13-7-4-8-14-20/h3-15,22H,2,16-17H2,1H3/b15-9+. The normalized spacial score (nSPS) is 14.6. The molecule has 0 aliphatic carbocycles. The van der Waals surface area contributed by atoms with Gasteiger partial charge in [-0.3, -0.25) is 4.90 Å². The van der Waals surface area contributed by atoms with Gasteiger partial charge in [0.05, 0.1) is 12.6 Å². The van der Waals surface area contributed by atoms with E-state index in [-0.39, 0.29) is 12.0 Å². The third kappa shape index (κ3) is 4.46. The van der Waals surface area contributed by atoms with Crippen molar-refractivity contribution in [2.24, 2.45) is 0 Å². The quantitative estimate of drug-likeness (QED) is 0.588. The second kappa shape index (κ2) is 8.45. The van der Waals surface area contributed by atoms with Gasteiger partial charge in [0, 0.05) is 19.2 Å². The van der Waals surface area contributed by atoms with E-state index >= 15 is 0 Å². The highest BCUT2D eigenvalue weighted by atomic mass is 16.5. The van der Waals surface area contributed by atoms with Crippen molar-refractivity contribution in [3.05, 3.63) is 95.6 Å². The molecule has 1 heterocycles. The van der Waals surface area contributed by atoms with Crippen LogP contribution in [0.1, 0.15) is 24.1 Å². The van der Waals surface area contributed by atoms with Gasteiger partial charge in [0.2, 0.25) is 0 Å². The molecule has 128 valence electrons. The predicted molar refractivity (Wildman–Crippen MR) is 100 cm³/mol. The third-order valence-electron chi connectivity index (χ3n) is 4.26. The van der Waals surface area contributed by atoms with Gasteiger partial charge >= 0.3 is 5.97 Å². The number of rotatable bonds is 6. The number of benzene rings is 2. The summed E-state index contributed by atoms with van der Waals surface area (Å²) in [5, 5.41) is 0. The Morgan fingerprint density at radius 1 is 1.04 bits per heavy atom. The Labute approximate surface area is 149 Å². The molecule has 0 radical (unpaired) electrons. The van der Waals surface area contributed by atoms with Gasteiger partial charge in [0.15, 0.2) is 0 Å². The fraction of sp³-hybridized carbons (Fsp3) is 0.227. The maximum Gasteiger partial charge on any atom is 0.330 e. The Balaban J connectivity index is 1.70. The van der Waals surface area contributed by atoms with E-state index in [1.165, 1.54) is 22.8 Å². The lowest BCUT2D eigenvalue weighted by Crippen LogP contribution is -2.43. The summed E-state index contributed by atoms with van der Waals surface area (Å²) < 4.78 is 4.88. The van der Waals surface area contributed by atoms with E-state index < -0.39 is 0 Å². The first-order valence-electron chi connectivity index (χ1n) is 8.64. The molecule has 1 aliphatic heterocycles. The van der Waals surface area contributed by atoms with Crippen molar-refractivity contribution in [1.29, 1.82) is 0 Å². The maximum atomic E-state index is 11.3. The average Bonchev–Trinajstić information content (AvgIpc) is 2.61. The Morgan fingerprint density at radius 3 is 2.12 bits per heavy atom. The topological polar surface area (TPSA) is 29.5 Å². The summed E-state index contributed by atoms with van der Waals surface area (Å²) in [5.74, 6) is -0.290. The number of nitrogens with zero attached hydrogens (tertiary/aromatic N) is 1. The molecule has 25 heavy (non-hydrogen) atoms. The lowest BCUT2D eigenvalue weighted by Gasteiger charge is -2.41. The molecule has 0 bridgehead atoms. The van der Waals surface area contributed by atoms with Crippen LogP contribution >= 0.6 is 0 Å². The number of hydrogen-bond donors (Lipinski definition) is 0. The largest absolute Gasteiger partial charge is 0.463 e. The fourth-order valence-corrected chi connectivity index (χ4v) is 3.10. The molecule has 2 aromatic rings. The molecule has 0 amide bonds. The number of hydrogen-bond acceptors (Lipinski definition) is 3. The highest BCUT2D eigenvalue weighted by Crippen LogP contribution is 2.33. The van der Waals surface area contributed by atoms with E-state index in [0.717, 1.165) is 13.1 Å². The van der Waals surface area contributed by atoms with Crippen molar-refractivity contribution in [1.82, 2.24) is 4.90 Å². The highest BCUT2D eigenvalue weighted by Gasteiger charge is 2.29. The number of carbonyl (C=O) groups excluding carboxylic acids is 1. The number of likely N-dealkylation sites (tertiary alicyclic amines) is 1. The summed E-state index contributed by atoms with van der Waals surface area (Å²) in [5.41, 5.74) is 3.92. The van der Waals surface area contributed by atoms with E-state index in [9.17, 15) is 4.79 Å². The van der Waals surface area contributed by atoms with Crippen LogP contribution in [0.2, 0.25) is 0 Å². The summed E-state index contributed by atoms with van der Waals surface area (Å²) in [7, 11) is 0. The van der Waals surface area contributed by atoms with Crippen LogP contribution in [-0.4, -0.2) is 30.6 Å². The summed E-state index contributed by atoms with van der Waals surface area (Å²) in [4.78, 5) is 13.8. The van der Waals surface area contributed by atoms with E-state index in [1.54, 1.807) is 13.0 Å². The molecule has 1 aliphatic rings. The van der Waals surface area contributed by atoms with Crippen LogP contribution in [0, 0.1) is 0 Å². The second-order valence-electron chi connectivity index (χ2n) is 6.06. The van der Waals surface area contributed by atoms with E-state index in [2.05, 4.69) is 53.4 Å². The van der Waals surface area contributed by atoms with E-state index in [4.69, 9.17) is 4.74 Å². The van der Waals surface area contributed by atoms with Crippen molar-refractivity contribution in [3.8, 4) is 0 Å². The Morgan fingerprint density at radius 2 is 1.60 bits per heavy atom. The summed E-state index contributed by atoms with van der Waals surface area (Å²) in [6, 6.07) is 21.4. The first kappa shape index (κ1) is 17.2. The van der Waals surface area contributed by atoms with Crippen molar-refractivity contribution in [2.75, 3.05) is 19.7 Å². The molecule has 0 unspecified atom stereocenters. The van der Waals surface area contributed by atoms with Crippen LogP contribution in [0.25, 0.3) is 0 Å². The predicted octanol–water partition coefficient (Wildman–Crippen LogP) is 4.14. The van der Waals surface area contributed by atoms with Gasteiger partial charge in [-0.2, -0.15) is 0 Å². The van der Waals surface area contributed by atoms with Gasteiger partial charge in [-0.1, -0.05) is 72.8 Å². The molecule has 2 aromatic carbocycles. The van der Waals surface area contributed by atoms with Crippen molar-refractivity contribution < 1.29 is 9.53 Å². The van der Waals surface area contributed by atoms with Crippen LogP contribution in [0.15, 0.2) is 84.5 Å². The second-order valence-corrected chi connectivity index (χ2v) is 6.06. The minimum atomic E-state index is -0.290. The van der Waals surface area contributed by atoms with Gasteiger partial charge in [0.1, 0.15) is 0 Å². The smallest absolute Gasteiger partial charge is 0.330 e. The molecule has 3 nitrogen and oxygen atoms in total. The van der Waals surface area contributed by atoms with Gasteiger partial charge < -0.3 is 4.74 Å². The zero-order valence-electron chi connectivity index (χ0n) is 14.5. The Kier molecular flexibility index (Phi) is 5.81. The molecule has 1 fully saturated rings. The van der Waals surface area contributed by atoms with Crippen molar-refractivity contribution in [3.63, 3.8) is 0 Å². The first-order chi connectivity index (χ1) is 12.3. The van der Waals surface area contributed by atoms with Gasteiger partial charge in [-0.05, 0) is 23.6 Å². The number of allylic oxidation sites excluding steroid dienone is 2. The molecular weight excluding hydrogens is 310 g/mol. The number of esters is 1. The van der Waals surface area contributed by atoms with E-state index in [0.29, 0.717) is 6.61 Å². The zero-order chi connectivity index (χ0) is 17.5. The first-order valence-corrected chi connectivity index (χ1v) is 8.64. The van der Waals surface area contributed by atoms with Crippen LogP contribution in [0.5, 0.6) is 0 Å². The maximum absolute atomic E-state index is 11.3. The van der Waals surface area contributed by atoms with Crippen molar-refractivity contribution >= 4 is 5.97 Å². The fourth-order valence-electron chi connectivity index (χ4n) is 3.10. The van der Waals surface area contributed by atoms with Gasteiger partial charge in [-0.15, -0.1) is 0 Å². The number of ether oxygens (including phenoxy) is 1. The minimum absolute atomic E-state index is 0.258. The number of carbonyl (C=O) groups is 1. The van der Waals surface area contributed by atoms with E-state index in [1.807, 2.05) is 18.2 Å². The molecular formula is C22H23NO2. The van der Waals surface area contributed by atoms with Gasteiger partial charge in [0.25, 0.3) is 0 Å². The van der Waals surface area contributed by atoms with Crippen molar-refractivity contribution in [2.45, 2.75) is 13.0 Å². The average molecular weight is 333 g/mol.